The van der Waals surface area contributed by atoms with Gasteiger partial charge in [-0.15, -0.1) is 0 Å². The molecule has 1 atom stereocenters. The predicted octanol–water partition coefficient (Wildman–Crippen LogP) is 3.09. The van der Waals surface area contributed by atoms with Crippen molar-refractivity contribution < 1.29 is 14.7 Å². The molecule has 0 saturated carbocycles. The average Bonchev–Trinajstić information content (AvgIpc) is 2.39. The van der Waals surface area contributed by atoms with Gasteiger partial charge in [-0.05, 0) is 37.5 Å². The molecule has 0 aliphatic rings. The van der Waals surface area contributed by atoms with Gasteiger partial charge in [-0.3, -0.25) is 4.79 Å². The lowest BCUT2D eigenvalue weighted by Gasteiger charge is -2.14. The molecule has 0 fully saturated rings. The molecule has 0 spiro atoms. The molecule has 116 valence electrons. The second kappa shape index (κ2) is 8.74. The largest absolute Gasteiger partial charge is 0.481 e. The second-order valence-electron chi connectivity index (χ2n) is 4.72. The Labute approximate surface area is 133 Å². The van der Waals surface area contributed by atoms with E-state index in [0.29, 0.717) is 29.4 Å². The van der Waals surface area contributed by atoms with E-state index in [4.69, 9.17) is 28.3 Å². The van der Waals surface area contributed by atoms with E-state index < -0.39 is 5.97 Å². The number of urea groups is 1. The van der Waals surface area contributed by atoms with Crippen LogP contribution in [0.25, 0.3) is 0 Å². The molecule has 0 heterocycles. The van der Waals surface area contributed by atoms with Crippen LogP contribution in [0, 0.1) is 0 Å². The first kappa shape index (κ1) is 17.6. The molecule has 21 heavy (non-hydrogen) atoms. The average molecular weight is 333 g/mol. The number of benzene rings is 1. The minimum Gasteiger partial charge on any atom is -0.481 e. The highest BCUT2D eigenvalue weighted by Crippen LogP contribution is 2.20. The van der Waals surface area contributed by atoms with Crippen LogP contribution in [-0.4, -0.2) is 29.7 Å². The van der Waals surface area contributed by atoms with Crippen LogP contribution in [0.3, 0.4) is 0 Å². The molecular weight excluding hydrogens is 315 g/mol. The first-order valence-electron chi connectivity index (χ1n) is 6.58. The zero-order valence-corrected chi connectivity index (χ0v) is 13.2. The van der Waals surface area contributed by atoms with E-state index in [1.54, 1.807) is 19.1 Å². The Kier molecular flexibility index (Phi) is 7.32. The summed E-state index contributed by atoms with van der Waals surface area (Å²) in [6.07, 6.45) is 1.01. The third-order valence-corrected chi connectivity index (χ3v) is 3.45. The summed E-state index contributed by atoms with van der Waals surface area (Å²) in [5, 5.41) is 15.1. The lowest BCUT2D eigenvalue weighted by atomic mass is 10.1. The van der Waals surface area contributed by atoms with Crippen LogP contribution in [0.2, 0.25) is 10.0 Å². The summed E-state index contributed by atoms with van der Waals surface area (Å²) < 4.78 is 0. The van der Waals surface area contributed by atoms with E-state index in [1.807, 2.05) is 6.07 Å². The molecule has 7 heteroatoms. The highest BCUT2D eigenvalue weighted by Gasteiger charge is 2.09. The van der Waals surface area contributed by atoms with Crippen LogP contribution in [0.15, 0.2) is 18.2 Å². The first-order chi connectivity index (χ1) is 9.88. The molecule has 0 aliphatic heterocycles. The Morgan fingerprint density at radius 2 is 2.05 bits per heavy atom. The highest BCUT2D eigenvalue weighted by atomic mass is 35.5. The van der Waals surface area contributed by atoms with Crippen LogP contribution >= 0.6 is 23.2 Å². The van der Waals surface area contributed by atoms with Gasteiger partial charge in [-0.1, -0.05) is 29.3 Å². The summed E-state index contributed by atoms with van der Waals surface area (Å²) in [6, 6.07) is 4.71. The van der Waals surface area contributed by atoms with Crippen LogP contribution in [0.1, 0.15) is 25.3 Å². The van der Waals surface area contributed by atoms with E-state index >= 15 is 0 Å². The van der Waals surface area contributed by atoms with Crippen molar-refractivity contribution in [2.24, 2.45) is 0 Å². The van der Waals surface area contributed by atoms with Gasteiger partial charge in [0.2, 0.25) is 0 Å². The first-order valence-corrected chi connectivity index (χ1v) is 7.34. The molecule has 1 rings (SSSR count). The number of carbonyl (C=O) groups excluding carboxylic acids is 1. The summed E-state index contributed by atoms with van der Waals surface area (Å²) in [7, 11) is 0. The second-order valence-corrected chi connectivity index (χ2v) is 5.56. The molecule has 1 aromatic carbocycles. The standard InChI is InChI=1S/C14H18Cl2N2O3/c1-9(2-5-13(19)20)18-14(21)17-7-6-10-3-4-11(15)8-12(10)16/h3-4,8-9H,2,5-7H2,1H3,(H,19,20)(H2,17,18,21). The zero-order valence-electron chi connectivity index (χ0n) is 11.7. The summed E-state index contributed by atoms with van der Waals surface area (Å²) in [4.78, 5) is 22.0. The normalized spacial score (nSPS) is 11.8. The van der Waals surface area contributed by atoms with E-state index in [0.717, 1.165) is 5.56 Å². The number of carboxylic acid groups (broad SMARTS) is 1. The monoisotopic (exact) mass is 332 g/mol. The minimum absolute atomic E-state index is 0.0296. The maximum absolute atomic E-state index is 11.6. The van der Waals surface area contributed by atoms with Crippen molar-refractivity contribution in [1.82, 2.24) is 10.6 Å². The number of carboxylic acids is 1. The number of amides is 2. The number of nitrogens with one attached hydrogen (secondary N) is 2. The van der Waals surface area contributed by atoms with Gasteiger partial charge in [-0.2, -0.15) is 0 Å². The fraction of sp³-hybridized carbons (Fsp3) is 0.429. The van der Waals surface area contributed by atoms with Gasteiger partial charge >= 0.3 is 12.0 Å². The van der Waals surface area contributed by atoms with Gasteiger partial charge in [-0.25, -0.2) is 4.79 Å². The van der Waals surface area contributed by atoms with E-state index in [2.05, 4.69) is 10.6 Å². The van der Waals surface area contributed by atoms with Crippen LogP contribution in [-0.2, 0) is 11.2 Å². The molecule has 1 aromatic rings. The topological polar surface area (TPSA) is 78.4 Å². The van der Waals surface area contributed by atoms with Crippen molar-refractivity contribution in [3.05, 3.63) is 33.8 Å². The fourth-order valence-electron chi connectivity index (χ4n) is 1.72. The Balaban J connectivity index is 2.28. The summed E-state index contributed by atoms with van der Waals surface area (Å²) in [6.45, 7) is 2.19. The molecule has 0 bridgehead atoms. The number of carbonyl (C=O) groups is 2. The quantitative estimate of drug-likeness (QED) is 0.717. The maximum atomic E-state index is 11.6. The Morgan fingerprint density at radius 3 is 2.67 bits per heavy atom. The van der Waals surface area contributed by atoms with Gasteiger partial charge in [0, 0.05) is 29.1 Å². The number of hydrogen-bond donors (Lipinski definition) is 3. The molecule has 3 N–H and O–H groups in total. The molecule has 0 saturated heterocycles. The van der Waals surface area contributed by atoms with Gasteiger partial charge in [0.05, 0.1) is 0 Å². The number of halogens is 2. The van der Waals surface area contributed by atoms with Gasteiger partial charge < -0.3 is 15.7 Å². The van der Waals surface area contributed by atoms with Gasteiger partial charge in [0.1, 0.15) is 0 Å². The van der Waals surface area contributed by atoms with E-state index in [9.17, 15) is 9.59 Å². The van der Waals surface area contributed by atoms with Crippen LogP contribution in [0.4, 0.5) is 4.79 Å². The third kappa shape index (κ3) is 7.20. The van der Waals surface area contributed by atoms with Crippen molar-refractivity contribution in [1.29, 1.82) is 0 Å². The smallest absolute Gasteiger partial charge is 0.315 e. The Morgan fingerprint density at radius 1 is 1.33 bits per heavy atom. The SMILES string of the molecule is CC(CCC(=O)O)NC(=O)NCCc1ccc(Cl)cc1Cl. The van der Waals surface area contributed by atoms with Crippen LogP contribution in [0.5, 0.6) is 0 Å². The Bertz CT molecular complexity index is 509. The van der Waals surface area contributed by atoms with E-state index in [1.165, 1.54) is 0 Å². The summed E-state index contributed by atoms with van der Waals surface area (Å²) in [5.74, 6) is -0.874. The predicted molar refractivity (Wildman–Crippen MR) is 83.0 cm³/mol. The lowest BCUT2D eigenvalue weighted by molar-refractivity contribution is -0.137. The number of hydrogen-bond acceptors (Lipinski definition) is 2. The number of aliphatic carboxylic acids is 1. The molecule has 0 aliphatic carbocycles. The van der Waals surface area contributed by atoms with Crippen molar-refractivity contribution in [3.8, 4) is 0 Å². The van der Waals surface area contributed by atoms with Crippen LogP contribution < -0.4 is 10.6 Å². The molecule has 5 nitrogen and oxygen atoms in total. The third-order valence-electron chi connectivity index (χ3n) is 2.86. The van der Waals surface area contributed by atoms with Crippen molar-refractivity contribution in [2.45, 2.75) is 32.2 Å². The number of rotatable bonds is 7. The zero-order chi connectivity index (χ0) is 15.8. The molecule has 1 unspecified atom stereocenters. The fourth-order valence-corrected chi connectivity index (χ4v) is 2.23. The lowest BCUT2D eigenvalue weighted by Crippen LogP contribution is -2.41. The molecule has 0 radical (unpaired) electrons. The van der Waals surface area contributed by atoms with Crippen molar-refractivity contribution in [2.75, 3.05) is 6.54 Å². The molecule has 0 aromatic heterocycles. The highest BCUT2D eigenvalue weighted by molar-refractivity contribution is 6.35. The van der Waals surface area contributed by atoms with E-state index in [-0.39, 0.29) is 18.5 Å². The Hall–Kier alpha value is -1.46. The summed E-state index contributed by atoms with van der Waals surface area (Å²) in [5.41, 5.74) is 0.903. The molecule has 2 amide bonds. The maximum Gasteiger partial charge on any atom is 0.315 e. The minimum atomic E-state index is -0.874. The summed E-state index contributed by atoms with van der Waals surface area (Å²) >= 11 is 11.8. The van der Waals surface area contributed by atoms with Crippen molar-refractivity contribution in [3.63, 3.8) is 0 Å². The van der Waals surface area contributed by atoms with Gasteiger partial charge in [0.25, 0.3) is 0 Å². The molecular formula is C14H18Cl2N2O3. The van der Waals surface area contributed by atoms with Crippen molar-refractivity contribution >= 4 is 35.2 Å². The van der Waals surface area contributed by atoms with Gasteiger partial charge in [0.15, 0.2) is 0 Å².